The van der Waals surface area contributed by atoms with E-state index in [4.69, 9.17) is 5.11 Å². The highest BCUT2D eigenvalue weighted by Crippen LogP contribution is 2.19. The Morgan fingerprint density at radius 2 is 1.76 bits per heavy atom. The number of hydrogen-bond donors (Lipinski definition) is 1. The van der Waals surface area contributed by atoms with Gasteiger partial charge in [-0.2, -0.15) is 0 Å². The molecule has 1 aromatic rings. The number of benzene rings is 1. The van der Waals surface area contributed by atoms with Crippen molar-refractivity contribution in [2.75, 3.05) is 13.1 Å². The molecule has 21 heavy (non-hydrogen) atoms. The second-order valence-corrected chi connectivity index (χ2v) is 5.42. The third kappa shape index (κ3) is 3.29. The van der Waals surface area contributed by atoms with Gasteiger partial charge in [-0.15, -0.1) is 0 Å². The van der Waals surface area contributed by atoms with Crippen LogP contribution in [0, 0.1) is 5.92 Å². The third-order valence-electron chi connectivity index (χ3n) is 3.97. The van der Waals surface area contributed by atoms with Crippen molar-refractivity contribution >= 4 is 17.7 Å². The van der Waals surface area contributed by atoms with Gasteiger partial charge >= 0.3 is 5.97 Å². The van der Waals surface area contributed by atoms with Gasteiger partial charge in [0.2, 0.25) is 5.91 Å². The molecule has 5 nitrogen and oxygen atoms in total. The number of nitrogens with zero attached hydrogens (tertiary/aromatic N) is 1. The molecular weight excluding hydrogens is 270 g/mol. The molecule has 0 saturated carbocycles. The zero-order chi connectivity index (χ0) is 15.6. The molecule has 1 N–H and O–H groups in total. The summed E-state index contributed by atoms with van der Waals surface area (Å²) in [6.45, 7) is 3.95. The lowest BCUT2D eigenvalue weighted by molar-refractivity contribution is -0.150. The number of rotatable bonds is 3. The van der Waals surface area contributed by atoms with Crippen molar-refractivity contribution in [2.24, 2.45) is 5.92 Å². The summed E-state index contributed by atoms with van der Waals surface area (Å²) in [6.07, 6.45) is 1.33. The van der Waals surface area contributed by atoms with E-state index in [0.29, 0.717) is 31.5 Å². The first-order chi connectivity index (χ1) is 9.90. The maximum Gasteiger partial charge on any atom is 0.315 e. The maximum atomic E-state index is 12.1. The third-order valence-corrected chi connectivity index (χ3v) is 3.97. The standard InChI is InChI=1S/C16H19NO4/c1-10(16(20)21)15(19)17-7-5-12-3-4-13(11(2)18)9-14(12)6-8-17/h3-4,9-10H,5-8H2,1-2H3,(H,20,21). The van der Waals surface area contributed by atoms with Crippen molar-refractivity contribution in [2.45, 2.75) is 26.7 Å². The van der Waals surface area contributed by atoms with E-state index < -0.39 is 11.9 Å². The van der Waals surface area contributed by atoms with E-state index in [9.17, 15) is 14.4 Å². The Kier molecular flexibility index (Phi) is 4.40. The van der Waals surface area contributed by atoms with E-state index in [-0.39, 0.29) is 11.7 Å². The number of fused-ring (bicyclic) bond motifs is 1. The summed E-state index contributed by atoms with van der Waals surface area (Å²) < 4.78 is 0. The van der Waals surface area contributed by atoms with Gasteiger partial charge in [0.05, 0.1) is 0 Å². The normalized spacial score (nSPS) is 15.8. The molecule has 112 valence electrons. The monoisotopic (exact) mass is 289 g/mol. The Labute approximate surface area is 123 Å². The fraction of sp³-hybridized carbons (Fsp3) is 0.438. The highest BCUT2D eigenvalue weighted by atomic mass is 16.4. The molecule has 0 aromatic heterocycles. The summed E-state index contributed by atoms with van der Waals surface area (Å²) >= 11 is 0. The first-order valence-electron chi connectivity index (χ1n) is 7.04. The number of hydrogen-bond acceptors (Lipinski definition) is 3. The van der Waals surface area contributed by atoms with Gasteiger partial charge in [-0.3, -0.25) is 14.4 Å². The lowest BCUT2D eigenvalue weighted by Crippen LogP contribution is -2.39. The van der Waals surface area contributed by atoms with Crippen molar-refractivity contribution in [1.82, 2.24) is 4.90 Å². The summed E-state index contributed by atoms with van der Waals surface area (Å²) in [5, 5.41) is 8.94. The first kappa shape index (κ1) is 15.2. The van der Waals surface area contributed by atoms with E-state index in [1.165, 1.54) is 13.8 Å². The molecule has 1 atom stereocenters. The number of Topliss-reactive ketones (excluding diaryl/α,β-unsaturated/α-hetero) is 1. The Hall–Kier alpha value is -2.17. The quantitative estimate of drug-likeness (QED) is 0.676. The van der Waals surface area contributed by atoms with Crippen LogP contribution in [0.15, 0.2) is 18.2 Å². The maximum absolute atomic E-state index is 12.1. The smallest absolute Gasteiger partial charge is 0.315 e. The van der Waals surface area contributed by atoms with Gasteiger partial charge in [-0.1, -0.05) is 12.1 Å². The number of carbonyl (C=O) groups is 3. The lowest BCUT2D eigenvalue weighted by atomic mass is 9.99. The van der Waals surface area contributed by atoms with Crippen LogP contribution in [0.25, 0.3) is 0 Å². The molecule has 1 aromatic carbocycles. The molecule has 2 rings (SSSR count). The zero-order valence-corrected chi connectivity index (χ0v) is 12.3. The lowest BCUT2D eigenvalue weighted by Gasteiger charge is -2.22. The minimum absolute atomic E-state index is 0.0227. The van der Waals surface area contributed by atoms with E-state index in [2.05, 4.69) is 0 Å². The summed E-state index contributed by atoms with van der Waals surface area (Å²) in [6, 6.07) is 5.62. The van der Waals surface area contributed by atoms with Crippen molar-refractivity contribution in [3.05, 3.63) is 34.9 Å². The van der Waals surface area contributed by atoms with Crippen molar-refractivity contribution in [3.8, 4) is 0 Å². The Morgan fingerprint density at radius 3 is 2.33 bits per heavy atom. The van der Waals surface area contributed by atoms with Crippen molar-refractivity contribution in [1.29, 1.82) is 0 Å². The first-order valence-corrected chi connectivity index (χ1v) is 7.04. The Morgan fingerprint density at radius 1 is 1.14 bits per heavy atom. The van der Waals surface area contributed by atoms with E-state index in [0.717, 1.165) is 11.1 Å². The molecule has 0 spiro atoms. The molecular formula is C16H19NO4. The Balaban J connectivity index is 2.15. The van der Waals surface area contributed by atoms with Crippen LogP contribution >= 0.6 is 0 Å². The summed E-state index contributed by atoms with van der Waals surface area (Å²) in [4.78, 5) is 36.1. The van der Waals surface area contributed by atoms with E-state index in [1.807, 2.05) is 12.1 Å². The van der Waals surface area contributed by atoms with Gasteiger partial charge in [-0.25, -0.2) is 0 Å². The highest BCUT2D eigenvalue weighted by Gasteiger charge is 2.27. The van der Waals surface area contributed by atoms with Crippen molar-refractivity contribution < 1.29 is 19.5 Å². The van der Waals surface area contributed by atoms with Gasteiger partial charge in [-0.05, 0) is 43.9 Å². The molecule has 5 heteroatoms. The molecule has 1 aliphatic rings. The van der Waals surface area contributed by atoms with Crippen molar-refractivity contribution in [3.63, 3.8) is 0 Å². The predicted molar refractivity (Wildman–Crippen MR) is 77.2 cm³/mol. The zero-order valence-electron chi connectivity index (χ0n) is 12.3. The largest absolute Gasteiger partial charge is 0.481 e. The molecule has 1 heterocycles. The van der Waals surface area contributed by atoms with Crippen LogP contribution < -0.4 is 0 Å². The van der Waals surface area contributed by atoms with Gasteiger partial charge < -0.3 is 10.0 Å². The van der Waals surface area contributed by atoms with Crippen LogP contribution in [0.1, 0.15) is 35.3 Å². The molecule has 0 bridgehead atoms. The SMILES string of the molecule is CC(=O)c1ccc2c(c1)CCN(C(=O)C(C)C(=O)O)CC2. The number of carboxylic acids is 1. The minimum Gasteiger partial charge on any atom is -0.481 e. The fourth-order valence-corrected chi connectivity index (χ4v) is 2.54. The molecule has 1 amide bonds. The number of amides is 1. The van der Waals surface area contributed by atoms with Crippen LogP contribution in [-0.2, 0) is 22.4 Å². The molecule has 0 fully saturated rings. The highest BCUT2D eigenvalue weighted by molar-refractivity contribution is 5.96. The molecule has 1 unspecified atom stereocenters. The summed E-state index contributed by atoms with van der Waals surface area (Å²) in [5.74, 6) is -2.43. The summed E-state index contributed by atoms with van der Waals surface area (Å²) in [5.41, 5.74) is 2.87. The van der Waals surface area contributed by atoms with Crippen LogP contribution in [0.3, 0.4) is 0 Å². The number of carbonyl (C=O) groups excluding carboxylic acids is 2. The average molecular weight is 289 g/mol. The summed E-state index contributed by atoms with van der Waals surface area (Å²) in [7, 11) is 0. The van der Waals surface area contributed by atoms with Gasteiger partial charge in [0.1, 0.15) is 5.92 Å². The van der Waals surface area contributed by atoms with Gasteiger partial charge in [0.15, 0.2) is 5.78 Å². The Bertz CT molecular complexity index is 594. The molecule has 0 aliphatic carbocycles. The van der Waals surface area contributed by atoms with Gasteiger partial charge in [0, 0.05) is 18.7 Å². The second kappa shape index (κ2) is 6.08. The van der Waals surface area contributed by atoms with Crippen LogP contribution in [0.2, 0.25) is 0 Å². The topological polar surface area (TPSA) is 74.7 Å². The minimum atomic E-state index is -1.10. The average Bonchev–Trinajstić information content (AvgIpc) is 2.67. The van der Waals surface area contributed by atoms with E-state index in [1.54, 1.807) is 11.0 Å². The van der Waals surface area contributed by atoms with Crippen LogP contribution in [-0.4, -0.2) is 40.8 Å². The number of aliphatic carboxylic acids is 1. The van der Waals surface area contributed by atoms with Crippen LogP contribution in [0.5, 0.6) is 0 Å². The molecule has 0 radical (unpaired) electrons. The fourth-order valence-electron chi connectivity index (χ4n) is 2.54. The second-order valence-electron chi connectivity index (χ2n) is 5.42. The van der Waals surface area contributed by atoms with Crippen LogP contribution in [0.4, 0.5) is 0 Å². The van der Waals surface area contributed by atoms with E-state index >= 15 is 0 Å². The number of carboxylic acid groups (broad SMARTS) is 1. The molecule has 1 aliphatic heterocycles. The van der Waals surface area contributed by atoms with Gasteiger partial charge in [0.25, 0.3) is 0 Å². The molecule has 0 saturated heterocycles. The predicted octanol–water partition coefficient (Wildman–Crippen LogP) is 1.54. The number of ketones is 1.